The molecule has 2 aromatic rings. The predicted molar refractivity (Wildman–Crippen MR) is 60.8 cm³/mol. The molecule has 0 aliphatic heterocycles. The Kier molecular flexibility index (Phi) is 2.43. The van der Waals surface area contributed by atoms with Gasteiger partial charge in [0, 0.05) is 19.0 Å². The Labute approximate surface area is 92.2 Å². The molecule has 0 aliphatic carbocycles. The number of aromatic nitrogens is 1. The number of rotatable bonds is 1. The molecule has 1 aromatic carbocycles. The van der Waals surface area contributed by atoms with Gasteiger partial charge in [-0.1, -0.05) is 35.3 Å². The van der Waals surface area contributed by atoms with Crippen molar-refractivity contribution in [2.75, 3.05) is 0 Å². The van der Waals surface area contributed by atoms with Crippen molar-refractivity contribution in [1.29, 1.82) is 0 Å². The zero-order chi connectivity index (χ0) is 10.3. The van der Waals surface area contributed by atoms with Crippen molar-refractivity contribution in [3.05, 3.63) is 33.9 Å². The van der Waals surface area contributed by atoms with Crippen LogP contribution in [0.1, 0.15) is 5.69 Å². The lowest BCUT2D eigenvalue weighted by atomic mass is 10.2. The summed E-state index contributed by atoms with van der Waals surface area (Å²) in [6.07, 6.45) is 0. The van der Waals surface area contributed by atoms with Gasteiger partial charge in [0.05, 0.1) is 21.3 Å². The zero-order valence-electron chi connectivity index (χ0n) is 7.72. The number of hydrogen-bond acceptors (Lipinski definition) is 1. The highest BCUT2D eigenvalue weighted by Crippen LogP contribution is 2.33. The highest BCUT2D eigenvalue weighted by atomic mass is 35.5. The van der Waals surface area contributed by atoms with E-state index in [9.17, 15) is 0 Å². The number of nitrogens with zero attached hydrogens (tertiary/aromatic N) is 1. The van der Waals surface area contributed by atoms with Crippen LogP contribution in [0.3, 0.4) is 0 Å². The highest BCUT2D eigenvalue weighted by Gasteiger charge is 2.13. The lowest BCUT2D eigenvalue weighted by Gasteiger charge is -2.01. The third-order valence-electron chi connectivity index (χ3n) is 2.41. The van der Waals surface area contributed by atoms with Crippen molar-refractivity contribution in [3.63, 3.8) is 0 Å². The number of hydrogen-bond donors (Lipinski definition) is 1. The van der Waals surface area contributed by atoms with Crippen LogP contribution in [-0.4, -0.2) is 4.57 Å². The lowest BCUT2D eigenvalue weighted by Crippen LogP contribution is -2.03. The molecule has 2 nitrogen and oxygen atoms in total. The van der Waals surface area contributed by atoms with Crippen molar-refractivity contribution in [2.45, 2.75) is 6.54 Å². The second-order valence-corrected chi connectivity index (χ2v) is 3.94. The van der Waals surface area contributed by atoms with E-state index in [1.807, 2.05) is 29.8 Å². The van der Waals surface area contributed by atoms with Gasteiger partial charge >= 0.3 is 0 Å². The molecule has 74 valence electrons. The Balaban J connectivity index is 2.94. The summed E-state index contributed by atoms with van der Waals surface area (Å²) < 4.78 is 1.94. The molecule has 2 N–H and O–H groups in total. The van der Waals surface area contributed by atoms with Crippen LogP contribution in [0.2, 0.25) is 10.0 Å². The summed E-state index contributed by atoms with van der Waals surface area (Å²) in [5.74, 6) is 0. The topological polar surface area (TPSA) is 30.9 Å². The maximum absolute atomic E-state index is 6.18. The Morgan fingerprint density at radius 3 is 2.64 bits per heavy atom. The van der Waals surface area contributed by atoms with E-state index in [1.54, 1.807) is 0 Å². The van der Waals surface area contributed by atoms with Crippen LogP contribution in [0.4, 0.5) is 0 Å². The summed E-state index contributed by atoms with van der Waals surface area (Å²) in [7, 11) is 1.92. The molecule has 0 saturated heterocycles. The van der Waals surface area contributed by atoms with Gasteiger partial charge in [0.2, 0.25) is 0 Å². The van der Waals surface area contributed by atoms with Crippen LogP contribution in [0.15, 0.2) is 18.2 Å². The fourth-order valence-corrected chi connectivity index (χ4v) is 2.36. The minimum absolute atomic E-state index is 0.417. The van der Waals surface area contributed by atoms with E-state index in [2.05, 4.69) is 0 Å². The SMILES string of the molecule is Cn1c(CN)c(Cl)c2cccc(Cl)c21. The monoisotopic (exact) mass is 228 g/mol. The van der Waals surface area contributed by atoms with Gasteiger partial charge in [-0.05, 0) is 6.07 Å². The fraction of sp³-hybridized carbons (Fsp3) is 0.200. The Morgan fingerprint density at radius 1 is 1.36 bits per heavy atom. The maximum Gasteiger partial charge on any atom is 0.0707 e. The minimum atomic E-state index is 0.417. The molecule has 0 amide bonds. The molecule has 1 heterocycles. The first-order chi connectivity index (χ1) is 6.66. The summed E-state index contributed by atoms with van der Waals surface area (Å²) >= 11 is 12.3. The highest BCUT2D eigenvalue weighted by molar-refractivity contribution is 6.40. The van der Waals surface area contributed by atoms with E-state index in [0.29, 0.717) is 16.6 Å². The standard InChI is InChI=1S/C10H10Cl2N2/c1-14-8(5-13)9(12)6-3-2-4-7(11)10(6)14/h2-4H,5,13H2,1H3. The molecule has 0 bridgehead atoms. The van der Waals surface area contributed by atoms with E-state index in [-0.39, 0.29) is 0 Å². The molecule has 0 aliphatic rings. The van der Waals surface area contributed by atoms with Crippen molar-refractivity contribution in [2.24, 2.45) is 12.8 Å². The molecule has 0 atom stereocenters. The van der Waals surface area contributed by atoms with Crippen molar-refractivity contribution in [1.82, 2.24) is 4.57 Å². The maximum atomic E-state index is 6.18. The van der Waals surface area contributed by atoms with Crippen LogP contribution in [0.25, 0.3) is 10.9 Å². The van der Waals surface area contributed by atoms with E-state index < -0.39 is 0 Å². The van der Waals surface area contributed by atoms with E-state index in [0.717, 1.165) is 16.6 Å². The van der Waals surface area contributed by atoms with Crippen molar-refractivity contribution >= 4 is 34.1 Å². The normalized spacial score (nSPS) is 11.1. The summed E-state index contributed by atoms with van der Waals surface area (Å²) in [5, 5.41) is 2.36. The molecule has 0 fully saturated rings. The van der Waals surface area contributed by atoms with Gasteiger partial charge in [0.25, 0.3) is 0 Å². The van der Waals surface area contributed by atoms with Crippen molar-refractivity contribution < 1.29 is 0 Å². The molecule has 0 saturated carbocycles. The number of benzene rings is 1. The van der Waals surface area contributed by atoms with Gasteiger partial charge < -0.3 is 10.3 Å². The summed E-state index contributed by atoms with van der Waals surface area (Å²) in [5.41, 5.74) is 7.47. The minimum Gasteiger partial charge on any atom is -0.344 e. The second kappa shape index (κ2) is 3.46. The number of halogens is 2. The number of fused-ring (bicyclic) bond motifs is 1. The van der Waals surface area contributed by atoms with Crippen molar-refractivity contribution in [3.8, 4) is 0 Å². The Bertz CT molecular complexity index is 488. The number of nitrogens with two attached hydrogens (primary N) is 1. The smallest absolute Gasteiger partial charge is 0.0707 e. The van der Waals surface area contributed by atoms with Crippen LogP contribution in [0, 0.1) is 0 Å². The lowest BCUT2D eigenvalue weighted by molar-refractivity contribution is 0.850. The first-order valence-electron chi connectivity index (χ1n) is 4.28. The van der Waals surface area contributed by atoms with Gasteiger partial charge in [0.1, 0.15) is 0 Å². The van der Waals surface area contributed by atoms with Gasteiger partial charge in [-0.3, -0.25) is 0 Å². The van der Waals surface area contributed by atoms with Gasteiger partial charge in [-0.25, -0.2) is 0 Å². The molecular weight excluding hydrogens is 219 g/mol. The molecule has 2 rings (SSSR count). The molecular formula is C10H10Cl2N2. The number of para-hydroxylation sites is 1. The first kappa shape index (κ1) is 9.84. The second-order valence-electron chi connectivity index (χ2n) is 3.16. The Hall–Kier alpha value is -0.700. The van der Waals surface area contributed by atoms with Crippen LogP contribution < -0.4 is 5.73 Å². The van der Waals surface area contributed by atoms with Crippen LogP contribution >= 0.6 is 23.2 Å². The fourth-order valence-electron chi connectivity index (χ4n) is 1.70. The third-order valence-corrected chi connectivity index (χ3v) is 3.14. The van der Waals surface area contributed by atoms with Crippen LogP contribution in [0.5, 0.6) is 0 Å². The quantitative estimate of drug-likeness (QED) is 0.800. The molecule has 14 heavy (non-hydrogen) atoms. The first-order valence-corrected chi connectivity index (χ1v) is 5.03. The van der Waals surface area contributed by atoms with Crippen LogP contribution in [-0.2, 0) is 13.6 Å². The van der Waals surface area contributed by atoms with Gasteiger partial charge in [-0.2, -0.15) is 0 Å². The molecule has 1 aromatic heterocycles. The Morgan fingerprint density at radius 2 is 2.07 bits per heavy atom. The predicted octanol–water partition coefficient (Wildman–Crippen LogP) is 2.94. The molecule has 0 radical (unpaired) electrons. The average Bonchev–Trinajstić information content (AvgIpc) is 2.41. The molecule has 0 unspecified atom stereocenters. The van der Waals surface area contributed by atoms with E-state index in [4.69, 9.17) is 28.9 Å². The summed E-state index contributed by atoms with van der Waals surface area (Å²) in [4.78, 5) is 0. The largest absolute Gasteiger partial charge is 0.344 e. The van der Waals surface area contributed by atoms with E-state index in [1.165, 1.54) is 0 Å². The molecule has 0 spiro atoms. The summed E-state index contributed by atoms with van der Waals surface area (Å²) in [6.45, 7) is 0.417. The van der Waals surface area contributed by atoms with Gasteiger partial charge in [-0.15, -0.1) is 0 Å². The van der Waals surface area contributed by atoms with Gasteiger partial charge in [0.15, 0.2) is 0 Å². The average molecular weight is 229 g/mol. The number of aryl methyl sites for hydroxylation is 1. The van der Waals surface area contributed by atoms with E-state index >= 15 is 0 Å². The summed E-state index contributed by atoms with van der Waals surface area (Å²) in [6, 6.07) is 5.68. The molecule has 4 heteroatoms. The zero-order valence-corrected chi connectivity index (χ0v) is 9.23. The third kappa shape index (κ3) is 1.22.